The van der Waals surface area contributed by atoms with Gasteiger partial charge in [-0.2, -0.15) is 0 Å². The van der Waals surface area contributed by atoms with Crippen LogP contribution >= 0.6 is 0 Å². The smallest absolute Gasteiger partial charge is 0.237 e. The van der Waals surface area contributed by atoms with Crippen molar-refractivity contribution in [2.24, 2.45) is 4.99 Å². The second kappa shape index (κ2) is 9.46. The lowest BCUT2D eigenvalue weighted by Crippen LogP contribution is -2.43. The lowest BCUT2D eigenvalue weighted by Gasteiger charge is -2.23. The number of carbonyl (C=O) groups is 1. The van der Waals surface area contributed by atoms with Crippen molar-refractivity contribution in [2.45, 2.75) is 38.8 Å². The number of nitrogens with zero attached hydrogens (tertiary/aromatic N) is 2. The van der Waals surface area contributed by atoms with Crippen LogP contribution in [0.5, 0.6) is 0 Å². The first-order chi connectivity index (χ1) is 12.5. The first-order valence-corrected chi connectivity index (χ1v) is 9.03. The van der Waals surface area contributed by atoms with Gasteiger partial charge in [-0.25, -0.2) is 0 Å². The summed E-state index contributed by atoms with van der Waals surface area (Å²) < 4.78 is 0. The van der Waals surface area contributed by atoms with Crippen LogP contribution in [0.25, 0.3) is 5.57 Å². The molecule has 1 heterocycles. The van der Waals surface area contributed by atoms with Gasteiger partial charge in [0.2, 0.25) is 5.91 Å². The lowest BCUT2D eigenvalue weighted by molar-refractivity contribution is -0.126. The number of aliphatic hydroxyl groups excluding tert-OH is 1. The lowest BCUT2D eigenvalue weighted by atomic mass is 9.98. The van der Waals surface area contributed by atoms with E-state index in [0.29, 0.717) is 0 Å². The van der Waals surface area contributed by atoms with Crippen LogP contribution in [-0.2, 0) is 4.79 Å². The quantitative estimate of drug-likeness (QED) is 0.584. The van der Waals surface area contributed by atoms with Crippen LogP contribution in [0.4, 0.5) is 0 Å². The van der Waals surface area contributed by atoms with E-state index in [1.807, 2.05) is 45.2 Å². The molecule has 0 aromatic heterocycles. The Bertz CT molecular complexity index is 692. The van der Waals surface area contributed by atoms with E-state index in [9.17, 15) is 9.90 Å². The Balaban J connectivity index is 2.14. The van der Waals surface area contributed by atoms with Crippen molar-refractivity contribution in [3.63, 3.8) is 0 Å². The van der Waals surface area contributed by atoms with E-state index >= 15 is 0 Å². The zero-order valence-electron chi connectivity index (χ0n) is 15.9. The summed E-state index contributed by atoms with van der Waals surface area (Å²) in [7, 11) is 1.96. The maximum absolute atomic E-state index is 12.5. The van der Waals surface area contributed by atoms with Crippen molar-refractivity contribution in [3.05, 3.63) is 53.7 Å². The molecule has 1 aliphatic rings. The second-order valence-electron chi connectivity index (χ2n) is 6.73. The topological polar surface area (TPSA) is 64.9 Å². The summed E-state index contributed by atoms with van der Waals surface area (Å²) >= 11 is 0. The van der Waals surface area contributed by atoms with Crippen LogP contribution in [0.1, 0.15) is 43.9 Å². The SMILES string of the molecule is C=C(C)/C(=C\N=CC)c1ccc(C(CO)NC(=O)C2CCCN2C)cc1. The third kappa shape index (κ3) is 4.90. The molecule has 0 saturated carbocycles. The number of carbonyl (C=O) groups excluding carboxylic acids is 1. The predicted molar refractivity (Wildman–Crippen MR) is 107 cm³/mol. The monoisotopic (exact) mass is 355 g/mol. The summed E-state index contributed by atoms with van der Waals surface area (Å²) in [4.78, 5) is 18.7. The number of allylic oxidation sites excluding steroid dienone is 2. The van der Waals surface area contributed by atoms with Gasteiger partial charge in [0.05, 0.1) is 18.7 Å². The molecule has 2 unspecified atom stereocenters. The van der Waals surface area contributed by atoms with Crippen molar-refractivity contribution in [3.8, 4) is 0 Å². The van der Waals surface area contributed by atoms with E-state index < -0.39 is 6.04 Å². The summed E-state index contributed by atoms with van der Waals surface area (Å²) in [6.07, 6.45) is 5.42. The van der Waals surface area contributed by atoms with E-state index in [1.54, 1.807) is 12.4 Å². The number of hydrogen-bond donors (Lipinski definition) is 2. The summed E-state index contributed by atoms with van der Waals surface area (Å²) in [5.74, 6) is -0.0204. The Morgan fingerprint density at radius 1 is 1.46 bits per heavy atom. The van der Waals surface area contributed by atoms with Gasteiger partial charge in [-0.05, 0) is 57.0 Å². The molecule has 1 aromatic carbocycles. The maximum atomic E-state index is 12.5. The first-order valence-electron chi connectivity index (χ1n) is 9.03. The van der Waals surface area contributed by atoms with Crippen molar-refractivity contribution in [1.82, 2.24) is 10.2 Å². The van der Waals surface area contributed by atoms with E-state index in [4.69, 9.17) is 0 Å². The van der Waals surface area contributed by atoms with Gasteiger partial charge in [0.15, 0.2) is 0 Å². The number of benzene rings is 1. The van der Waals surface area contributed by atoms with Crippen molar-refractivity contribution >= 4 is 17.7 Å². The van der Waals surface area contributed by atoms with Crippen LogP contribution in [0.15, 0.2) is 47.6 Å². The first kappa shape index (κ1) is 20.1. The summed E-state index contributed by atoms with van der Waals surface area (Å²) in [5.41, 5.74) is 3.78. The van der Waals surface area contributed by atoms with Crippen LogP contribution in [-0.4, -0.2) is 48.4 Å². The molecular weight excluding hydrogens is 326 g/mol. The minimum atomic E-state index is -0.406. The van der Waals surface area contributed by atoms with Crippen molar-refractivity contribution in [1.29, 1.82) is 0 Å². The number of aliphatic imine (C=N–C) groups is 1. The number of hydrogen-bond acceptors (Lipinski definition) is 4. The van der Waals surface area contributed by atoms with Gasteiger partial charge in [-0.3, -0.25) is 14.7 Å². The Morgan fingerprint density at radius 3 is 2.65 bits per heavy atom. The van der Waals surface area contributed by atoms with Crippen molar-refractivity contribution < 1.29 is 9.90 Å². The van der Waals surface area contributed by atoms with E-state index in [0.717, 1.165) is 41.7 Å². The van der Waals surface area contributed by atoms with E-state index in [-0.39, 0.29) is 18.6 Å². The second-order valence-corrected chi connectivity index (χ2v) is 6.73. The fourth-order valence-corrected chi connectivity index (χ4v) is 3.22. The zero-order valence-corrected chi connectivity index (χ0v) is 15.9. The molecule has 1 aliphatic heterocycles. The minimum absolute atomic E-state index is 0.0204. The molecule has 0 bridgehead atoms. The number of likely N-dealkylation sites (N-methyl/N-ethyl adjacent to an activating group) is 1. The van der Waals surface area contributed by atoms with Gasteiger partial charge < -0.3 is 10.4 Å². The molecule has 1 fully saturated rings. The van der Waals surface area contributed by atoms with Gasteiger partial charge in [0, 0.05) is 18.0 Å². The summed E-state index contributed by atoms with van der Waals surface area (Å²) in [6, 6.07) is 7.29. The Hall–Kier alpha value is -2.24. The number of aliphatic hydroxyl groups is 1. The van der Waals surface area contributed by atoms with Crippen LogP contribution in [0, 0.1) is 0 Å². The molecule has 1 saturated heterocycles. The molecule has 2 N–H and O–H groups in total. The Labute approximate surface area is 156 Å². The summed E-state index contributed by atoms with van der Waals surface area (Å²) in [5, 5.41) is 12.7. The predicted octanol–water partition coefficient (Wildman–Crippen LogP) is 2.94. The number of nitrogens with one attached hydrogen (secondary N) is 1. The highest BCUT2D eigenvalue weighted by molar-refractivity contribution is 5.82. The van der Waals surface area contributed by atoms with Gasteiger partial charge in [-0.1, -0.05) is 30.8 Å². The summed E-state index contributed by atoms with van der Waals surface area (Å²) in [6.45, 7) is 8.62. The normalized spacial score (nSPS) is 19.7. The largest absolute Gasteiger partial charge is 0.394 e. The molecule has 26 heavy (non-hydrogen) atoms. The van der Waals surface area contributed by atoms with Gasteiger partial charge in [0.1, 0.15) is 0 Å². The molecule has 140 valence electrons. The van der Waals surface area contributed by atoms with Crippen LogP contribution in [0.2, 0.25) is 0 Å². The fraction of sp³-hybridized carbons (Fsp3) is 0.429. The standard InChI is InChI=1S/C21H29N3O2/c1-5-22-13-18(15(2)3)16-8-10-17(11-9-16)19(14-25)23-21(26)20-7-6-12-24(20)4/h5,8-11,13,19-20,25H,2,6-7,12,14H2,1,3-4H3,(H,23,26)/b18-13+,22-5?. The van der Waals surface area contributed by atoms with Gasteiger partial charge in [-0.15, -0.1) is 0 Å². The third-order valence-electron chi connectivity index (χ3n) is 4.76. The van der Waals surface area contributed by atoms with E-state index in [2.05, 4.69) is 21.8 Å². The molecule has 2 rings (SSSR count). The maximum Gasteiger partial charge on any atom is 0.237 e. The average molecular weight is 355 g/mol. The number of amides is 1. The van der Waals surface area contributed by atoms with Gasteiger partial charge in [0.25, 0.3) is 0 Å². The van der Waals surface area contributed by atoms with Gasteiger partial charge >= 0.3 is 0 Å². The molecule has 0 radical (unpaired) electrons. The molecule has 0 spiro atoms. The molecule has 0 aliphatic carbocycles. The number of rotatable bonds is 7. The molecular formula is C21H29N3O2. The molecule has 5 nitrogen and oxygen atoms in total. The van der Waals surface area contributed by atoms with Crippen LogP contribution in [0.3, 0.4) is 0 Å². The minimum Gasteiger partial charge on any atom is -0.394 e. The fourth-order valence-electron chi connectivity index (χ4n) is 3.22. The molecule has 1 aromatic rings. The van der Waals surface area contributed by atoms with Crippen molar-refractivity contribution in [2.75, 3.05) is 20.2 Å². The number of likely N-dealkylation sites (tertiary alicyclic amines) is 1. The Morgan fingerprint density at radius 2 is 2.15 bits per heavy atom. The van der Waals surface area contributed by atoms with Crippen LogP contribution < -0.4 is 5.32 Å². The zero-order chi connectivity index (χ0) is 19.1. The average Bonchev–Trinajstić information content (AvgIpc) is 3.06. The highest BCUT2D eigenvalue weighted by Crippen LogP contribution is 2.24. The molecule has 5 heteroatoms. The highest BCUT2D eigenvalue weighted by atomic mass is 16.3. The molecule has 2 atom stereocenters. The third-order valence-corrected chi connectivity index (χ3v) is 4.76. The Kier molecular flexibility index (Phi) is 7.30. The molecule has 1 amide bonds. The van der Waals surface area contributed by atoms with E-state index in [1.165, 1.54) is 0 Å². The highest BCUT2D eigenvalue weighted by Gasteiger charge is 2.29.